The zero-order chi connectivity index (χ0) is 12.3. The highest BCUT2D eigenvalue weighted by Crippen LogP contribution is 2.27. The monoisotopic (exact) mass is 251 g/mol. The van der Waals surface area contributed by atoms with E-state index >= 15 is 0 Å². The maximum Gasteiger partial charge on any atom is 0.120 e. The molecule has 3 heteroatoms. The van der Waals surface area contributed by atoms with Gasteiger partial charge in [-0.25, -0.2) is 0 Å². The Morgan fingerprint density at radius 1 is 1.47 bits per heavy atom. The number of thioether (sulfide) groups is 1. The van der Waals surface area contributed by atoms with Crippen LogP contribution in [0.4, 0.5) is 0 Å². The van der Waals surface area contributed by atoms with Crippen molar-refractivity contribution in [1.82, 2.24) is 5.32 Å². The van der Waals surface area contributed by atoms with Crippen molar-refractivity contribution in [2.45, 2.75) is 38.8 Å². The van der Waals surface area contributed by atoms with E-state index in [9.17, 15) is 5.11 Å². The van der Waals surface area contributed by atoms with Crippen LogP contribution in [0.1, 0.15) is 36.9 Å². The summed E-state index contributed by atoms with van der Waals surface area (Å²) in [4.78, 5) is 0. The number of nitrogens with one attached hydrogen (secondary N) is 1. The molecule has 0 saturated carbocycles. The normalized spacial score (nSPS) is 22.4. The molecule has 1 heterocycles. The Morgan fingerprint density at radius 2 is 2.29 bits per heavy atom. The van der Waals surface area contributed by atoms with Gasteiger partial charge in [0.25, 0.3) is 0 Å². The Hall–Kier alpha value is -0.670. The maximum atomic E-state index is 9.89. The lowest BCUT2D eigenvalue weighted by Crippen LogP contribution is -2.35. The summed E-state index contributed by atoms with van der Waals surface area (Å²) in [7, 11) is 0. The number of rotatable bonds is 3. The summed E-state index contributed by atoms with van der Waals surface area (Å²) in [6.07, 6.45) is 2.55. The highest BCUT2D eigenvalue weighted by Gasteiger charge is 2.18. The van der Waals surface area contributed by atoms with Crippen LogP contribution in [0, 0.1) is 6.92 Å². The molecule has 0 aromatic heterocycles. The van der Waals surface area contributed by atoms with E-state index in [2.05, 4.69) is 25.2 Å². The van der Waals surface area contributed by atoms with Crippen molar-refractivity contribution in [2.24, 2.45) is 0 Å². The van der Waals surface area contributed by atoms with Crippen LogP contribution >= 0.6 is 11.8 Å². The van der Waals surface area contributed by atoms with E-state index < -0.39 is 0 Å². The highest BCUT2D eigenvalue weighted by molar-refractivity contribution is 7.99. The maximum absolute atomic E-state index is 9.89. The van der Waals surface area contributed by atoms with Crippen LogP contribution in [-0.2, 0) is 0 Å². The molecule has 1 fully saturated rings. The molecule has 0 radical (unpaired) electrons. The quantitative estimate of drug-likeness (QED) is 0.865. The summed E-state index contributed by atoms with van der Waals surface area (Å²) in [5.74, 6) is 2.89. The van der Waals surface area contributed by atoms with E-state index in [1.54, 1.807) is 6.07 Å². The Kier molecular flexibility index (Phi) is 4.35. The lowest BCUT2D eigenvalue weighted by atomic mass is 10.0. The summed E-state index contributed by atoms with van der Waals surface area (Å²) in [6.45, 7) is 4.19. The van der Waals surface area contributed by atoms with Gasteiger partial charge < -0.3 is 10.4 Å². The van der Waals surface area contributed by atoms with E-state index in [1.807, 2.05) is 17.8 Å². The van der Waals surface area contributed by atoms with Crippen LogP contribution in [0.3, 0.4) is 0 Å². The Balaban J connectivity index is 2.02. The summed E-state index contributed by atoms with van der Waals surface area (Å²) in [5, 5.41) is 13.5. The first-order chi connectivity index (χ1) is 8.16. The zero-order valence-corrected chi connectivity index (χ0v) is 11.4. The second-order valence-electron chi connectivity index (χ2n) is 4.86. The first kappa shape index (κ1) is 12.8. The third kappa shape index (κ3) is 3.39. The Labute approximate surface area is 108 Å². The SMILES string of the molecule is Cc1ccc(O)c(C(C)NC2CCCSC2)c1. The smallest absolute Gasteiger partial charge is 0.120 e. The number of phenols is 1. The largest absolute Gasteiger partial charge is 0.508 e. The highest BCUT2D eigenvalue weighted by atomic mass is 32.2. The summed E-state index contributed by atoms with van der Waals surface area (Å²) in [6, 6.07) is 6.62. The summed E-state index contributed by atoms with van der Waals surface area (Å²) < 4.78 is 0. The first-order valence-electron chi connectivity index (χ1n) is 6.30. The number of aryl methyl sites for hydroxylation is 1. The van der Waals surface area contributed by atoms with Crippen LogP contribution in [0.2, 0.25) is 0 Å². The molecule has 1 aliphatic rings. The molecule has 94 valence electrons. The van der Waals surface area contributed by atoms with E-state index in [-0.39, 0.29) is 6.04 Å². The zero-order valence-electron chi connectivity index (χ0n) is 10.6. The van der Waals surface area contributed by atoms with Crippen molar-refractivity contribution in [1.29, 1.82) is 0 Å². The molecule has 2 atom stereocenters. The Morgan fingerprint density at radius 3 is 3.00 bits per heavy atom. The van der Waals surface area contributed by atoms with Gasteiger partial charge in [0, 0.05) is 23.4 Å². The van der Waals surface area contributed by atoms with Gasteiger partial charge >= 0.3 is 0 Å². The van der Waals surface area contributed by atoms with Crippen molar-refractivity contribution < 1.29 is 5.11 Å². The topological polar surface area (TPSA) is 32.3 Å². The molecule has 0 bridgehead atoms. The molecule has 0 spiro atoms. The lowest BCUT2D eigenvalue weighted by Gasteiger charge is -2.27. The minimum absolute atomic E-state index is 0.221. The Bertz CT molecular complexity index is 374. The van der Waals surface area contributed by atoms with E-state index in [4.69, 9.17) is 0 Å². The van der Waals surface area contributed by atoms with Crippen molar-refractivity contribution in [3.05, 3.63) is 29.3 Å². The molecule has 1 aliphatic heterocycles. The van der Waals surface area contributed by atoms with Gasteiger partial charge in [-0.1, -0.05) is 17.7 Å². The van der Waals surface area contributed by atoms with Gasteiger partial charge in [0.1, 0.15) is 5.75 Å². The van der Waals surface area contributed by atoms with E-state index in [0.29, 0.717) is 11.8 Å². The van der Waals surface area contributed by atoms with Crippen molar-refractivity contribution in [2.75, 3.05) is 11.5 Å². The molecule has 1 aromatic carbocycles. The lowest BCUT2D eigenvalue weighted by molar-refractivity contribution is 0.423. The van der Waals surface area contributed by atoms with Gasteiger partial charge in [-0.2, -0.15) is 11.8 Å². The van der Waals surface area contributed by atoms with Gasteiger partial charge in [-0.3, -0.25) is 0 Å². The number of phenolic OH excluding ortho intramolecular Hbond substituents is 1. The molecule has 1 saturated heterocycles. The molecule has 1 aromatic rings. The fourth-order valence-electron chi connectivity index (χ4n) is 2.34. The number of benzene rings is 1. The van der Waals surface area contributed by atoms with Gasteiger partial charge in [0.2, 0.25) is 0 Å². The fraction of sp³-hybridized carbons (Fsp3) is 0.571. The molecular formula is C14H21NOS. The predicted molar refractivity (Wildman–Crippen MR) is 74.7 cm³/mol. The standard InChI is InChI=1S/C14H21NOS/c1-10-5-6-14(16)13(8-10)11(2)15-12-4-3-7-17-9-12/h5-6,8,11-12,15-16H,3-4,7,9H2,1-2H3. The van der Waals surface area contributed by atoms with Crippen LogP contribution in [-0.4, -0.2) is 22.7 Å². The fourth-order valence-corrected chi connectivity index (χ4v) is 3.42. The molecule has 0 amide bonds. The first-order valence-corrected chi connectivity index (χ1v) is 7.45. The third-order valence-electron chi connectivity index (χ3n) is 3.30. The van der Waals surface area contributed by atoms with E-state index in [0.717, 1.165) is 5.56 Å². The minimum Gasteiger partial charge on any atom is -0.508 e. The molecule has 2 rings (SSSR count). The second-order valence-corrected chi connectivity index (χ2v) is 6.01. The van der Waals surface area contributed by atoms with Gasteiger partial charge in [0.15, 0.2) is 0 Å². The average Bonchev–Trinajstić information content (AvgIpc) is 2.33. The number of aromatic hydroxyl groups is 1. The van der Waals surface area contributed by atoms with Crippen molar-refractivity contribution in [3.8, 4) is 5.75 Å². The number of hydrogen-bond acceptors (Lipinski definition) is 3. The second kappa shape index (κ2) is 5.78. The van der Waals surface area contributed by atoms with Gasteiger partial charge in [-0.15, -0.1) is 0 Å². The molecule has 2 N–H and O–H groups in total. The van der Waals surface area contributed by atoms with Crippen LogP contribution < -0.4 is 5.32 Å². The van der Waals surface area contributed by atoms with E-state index in [1.165, 1.54) is 29.9 Å². The molecule has 0 aliphatic carbocycles. The summed E-state index contributed by atoms with van der Waals surface area (Å²) in [5.41, 5.74) is 2.21. The van der Waals surface area contributed by atoms with Crippen LogP contribution in [0.5, 0.6) is 5.75 Å². The average molecular weight is 251 g/mol. The van der Waals surface area contributed by atoms with Crippen molar-refractivity contribution >= 4 is 11.8 Å². The molecule has 17 heavy (non-hydrogen) atoms. The third-order valence-corrected chi connectivity index (χ3v) is 4.51. The molecule has 2 nitrogen and oxygen atoms in total. The number of hydrogen-bond donors (Lipinski definition) is 2. The molecule has 2 unspecified atom stereocenters. The summed E-state index contributed by atoms with van der Waals surface area (Å²) >= 11 is 2.02. The van der Waals surface area contributed by atoms with Crippen LogP contribution in [0.25, 0.3) is 0 Å². The van der Waals surface area contributed by atoms with Gasteiger partial charge in [0.05, 0.1) is 0 Å². The molecular weight excluding hydrogens is 230 g/mol. The van der Waals surface area contributed by atoms with Gasteiger partial charge in [-0.05, 0) is 38.5 Å². The predicted octanol–water partition coefficient (Wildman–Crippen LogP) is 3.25. The minimum atomic E-state index is 0.221. The van der Waals surface area contributed by atoms with Crippen LogP contribution in [0.15, 0.2) is 18.2 Å². The van der Waals surface area contributed by atoms with Crippen molar-refractivity contribution in [3.63, 3.8) is 0 Å².